The number of hydrogen-bond acceptors (Lipinski definition) is 6. The van der Waals surface area contributed by atoms with Gasteiger partial charge in [-0.2, -0.15) is 0 Å². The predicted octanol–water partition coefficient (Wildman–Crippen LogP) is 10.5. The molecule has 244 valence electrons. The molecule has 9 heterocycles. The molecule has 4 aromatic carbocycles. The monoisotopic (exact) mass is 650 g/mol. The molecule has 0 saturated heterocycles. The summed E-state index contributed by atoms with van der Waals surface area (Å²) in [4.78, 5) is 29.3. The van der Waals surface area contributed by atoms with Crippen molar-refractivity contribution in [3.05, 3.63) is 178 Å². The highest BCUT2D eigenvalue weighted by Gasteiger charge is 2.08. The van der Waals surface area contributed by atoms with Crippen LogP contribution in [0, 0.1) is 0 Å². The molecule has 7 aliphatic heterocycles. The molecule has 13 rings (SSSR count). The van der Waals surface area contributed by atoms with Crippen LogP contribution in [-0.4, -0.2) is 32.8 Å². The van der Waals surface area contributed by atoms with Gasteiger partial charge in [0.05, 0.1) is 68.4 Å². The molecule has 7 aliphatic rings. The summed E-state index contributed by atoms with van der Waals surface area (Å²) in [5.41, 5.74) is 15.2. The van der Waals surface area contributed by atoms with E-state index in [1.165, 1.54) is 22.3 Å². The molecule has 0 amide bonds. The van der Waals surface area contributed by atoms with E-state index in [1.54, 1.807) is 0 Å². The molecule has 0 fully saturated rings. The van der Waals surface area contributed by atoms with Crippen LogP contribution < -0.4 is 0 Å². The maximum Gasteiger partial charge on any atom is 0.0849 e. The molecule has 12 bridgehead atoms. The van der Waals surface area contributed by atoms with Crippen LogP contribution in [0.25, 0.3) is 0 Å². The quantitative estimate of drug-likeness (QED) is 0.164. The van der Waals surface area contributed by atoms with Gasteiger partial charge < -0.3 is 0 Å². The molecule has 6 aromatic rings. The lowest BCUT2D eigenvalue weighted by atomic mass is 10.0. The third-order valence-electron chi connectivity index (χ3n) is 8.73. The minimum atomic E-state index is 0.821. The van der Waals surface area contributed by atoms with E-state index in [0.29, 0.717) is 0 Å². The van der Waals surface area contributed by atoms with Crippen molar-refractivity contribution in [2.24, 2.45) is 20.0 Å². The fourth-order valence-electron chi connectivity index (χ4n) is 5.90. The second-order valence-corrected chi connectivity index (χ2v) is 12.6. The highest BCUT2D eigenvalue weighted by molar-refractivity contribution is 6.03. The molecular weight excluding hydrogens is 613 g/mol. The number of aliphatic imine (C=N–C) groups is 4. The van der Waals surface area contributed by atoms with Gasteiger partial charge >= 0.3 is 0 Å². The van der Waals surface area contributed by atoms with Crippen LogP contribution in [0.5, 0.6) is 0 Å². The van der Waals surface area contributed by atoms with E-state index >= 15 is 0 Å². The highest BCUT2D eigenvalue weighted by atomic mass is 14.8. The van der Waals surface area contributed by atoms with Crippen LogP contribution in [0.15, 0.2) is 153 Å². The third-order valence-corrected chi connectivity index (χ3v) is 8.73. The second kappa shape index (κ2) is 14.5. The van der Waals surface area contributed by atoms with E-state index in [1.807, 2.05) is 64.1 Å². The molecule has 0 radical (unpaired) electrons. The Balaban J connectivity index is 1.22. The van der Waals surface area contributed by atoms with Gasteiger partial charge in [-0.1, -0.05) is 60.7 Å². The minimum Gasteiger partial charge on any atom is -0.252 e. The lowest BCUT2D eigenvalue weighted by Gasteiger charge is -2.07. The Hall–Kier alpha value is -6.14. The molecular formula is C44H38N6. The normalized spacial score (nSPS) is 13.5. The molecule has 0 saturated carbocycles. The zero-order valence-corrected chi connectivity index (χ0v) is 28.8. The van der Waals surface area contributed by atoms with Gasteiger partial charge in [-0.25, -0.2) is 9.97 Å². The van der Waals surface area contributed by atoms with Gasteiger partial charge in [0.25, 0.3) is 0 Å². The Morgan fingerprint density at radius 2 is 0.520 bits per heavy atom. The van der Waals surface area contributed by atoms with Crippen LogP contribution in [0.1, 0.15) is 72.7 Å². The topological polar surface area (TPSA) is 75.2 Å². The number of pyridine rings is 2. The standard InChI is InChI=1S/C44H38N6/c1-29-41-7-5-8-42(49-41)30(2)46-38-21-13-35(14-22-38)28-36-17-25-40(26-18-36)48-32(4)44-10-6-9-43(50-44)31(3)47-39-23-15-34(16-24-39)27-33-11-19-37(45-29)20-12-33/h5-26H,27-28H2,1-4H3. The van der Waals surface area contributed by atoms with Crippen LogP contribution in [-0.2, 0) is 12.8 Å². The van der Waals surface area contributed by atoms with Crippen LogP contribution in [0.2, 0.25) is 0 Å². The number of rotatable bonds is 0. The Morgan fingerprint density at radius 1 is 0.300 bits per heavy atom. The van der Waals surface area contributed by atoms with E-state index in [4.69, 9.17) is 29.9 Å². The highest BCUT2D eigenvalue weighted by Crippen LogP contribution is 2.23. The molecule has 0 N–H and O–H groups in total. The summed E-state index contributed by atoms with van der Waals surface area (Å²) < 4.78 is 0. The number of nitrogens with zero attached hydrogens (tertiary/aromatic N) is 6. The zero-order chi connectivity index (χ0) is 34.5. The predicted molar refractivity (Wildman–Crippen MR) is 207 cm³/mol. The van der Waals surface area contributed by atoms with E-state index < -0.39 is 0 Å². The first-order valence-corrected chi connectivity index (χ1v) is 16.9. The Kier molecular flexibility index (Phi) is 9.43. The van der Waals surface area contributed by atoms with Crippen molar-refractivity contribution in [3.8, 4) is 0 Å². The fourth-order valence-corrected chi connectivity index (χ4v) is 5.90. The summed E-state index contributed by atoms with van der Waals surface area (Å²) in [6, 6.07) is 45.6. The Morgan fingerprint density at radius 3 is 0.740 bits per heavy atom. The molecule has 0 spiro atoms. The summed E-state index contributed by atoms with van der Waals surface area (Å²) >= 11 is 0. The van der Waals surface area contributed by atoms with E-state index in [9.17, 15) is 0 Å². The van der Waals surface area contributed by atoms with E-state index in [0.717, 1.165) is 81.2 Å². The van der Waals surface area contributed by atoms with Gasteiger partial charge in [0.1, 0.15) is 0 Å². The van der Waals surface area contributed by atoms with Gasteiger partial charge in [-0.05, 0) is 136 Å². The lowest BCUT2D eigenvalue weighted by Crippen LogP contribution is -2.05. The molecule has 6 nitrogen and oxygen atoms in total. The van der Waals surface area contributed by atoms with Crippen molar-refractivity contribution >= 4 is 45.6 Å². The molecule has 2 aromatic heterocycles. The number of hydrogen-bond donors (Lipinski definition) is 0. The van der Waals surface area contributed by atoms with Crippen molar-refractivity contribution in [2.75, 3.05) is 0 Å². The Labute approximate surface area is 293 Å². The first-order valence-electron chi connectivity index (χ1n) is 16.9. The minimum absolute atomic E-state index is 0.821. The van der Waals surface area contributed by atoms with Crippen LogP contribution in [0.3, 0.4) is 0 Å². The summed E-state index contributed by atoms with van der Waals surface area (Å²) in [5.74, 6) is 0. The summed E-state index contributed by atoms with van der Waals surface area (Å²) in [6.45, 7) is 7.99. The number of aromatic nitrogens is 2. The lowest BCUT2D eigenvalue weighted by molar-refractivity contribution is 1.19. The largest absolute Gasteiger partial charge is 0.252 e. The third kappa shape index (κ3) is 7.93. The first-order chi connectivity index (χ1) is 24.3. The maximum atomic E-state index is 4.89. The van der Waals surface area contributed by atoms with Crippen molar-refractivity contribution in [1.82, 2.24) is 9.97 Å². The van der Waals surface area contributed by atoms with Crippen LogP contribution in [0.4, 0.5) is 22.7 Å². The van der Waals surface area contributed by atoms with Crippen molar-refractivity contribution in [1.29, 1.82) is 0 Å². The Bertz CT molecular complexity index is 1940. The zero-order valence-electron chi connectivity index (χ0n) is 28.8. The molecule has 0 atom stereocenters. The molecule has 50 heavy (non-hydrogen) atoms. The summed E-state index contributed by atoms with van der Waals surface area (Å²) in [5, 5.41) is 0. The average molecular weight is 651 g/mol. The summed E-state index contributed by atoms with van der Waals surface area (Å²) in [6.07, 6.45) is 1.64. The smallest absolute Gasteiger partial charge is 0.0849 e. The SMILES string of the molecule is CC1=Nc2ccc(cc2)Cc2ccc(cc2)N=C(C)c2cccc(n2)C(C)=Nc2ccc(cc2)Cc2ccc(cc2)N=C(C)c2cccc1n2. The van der Waals surface area contributed by atoms with Gasteiger partial charge in [0.2, 0.25) is 0 Å². The van der Waals surface area contributed by atoms with Gasteiger partial charge in [0, 0.05) is 0 Å². The van der Waals surface area contributed by atoms with Crippen molar-refractivity contribution in [2.45, 2.75) is 40.5 Å². The first kappa shape index (κ1) is 32.4. The van der Waals surface area contributed by atoms with Crippen LogP contribution >= 0.6 is 0 Å². The van der Waals surface area contributed by atoms with Crippen molar-refractivity contribution < 1.29 is 0 Å². The average Bonchev–Trinajstić information content (AvgIpc) is 3.14. The molecule has 0 aliphatic carbocycles. The van der Waals surface area contributed by atoms with Gasteiger partial charge in [-0.15, -0.1) is 0 Å². The molecule has 6 heteroatoms. The van der Waals surface area contributed by atoms with Gasteiger partial charge in [0.15, 0.2) is 0 Å². The summed E-state index contributed by atoms with van der Waals surface area (Å²) in [7, 11) is 0. The van der Waals surface area contributed by atoms with Gasteiger partial charge in [-0.3, -0.25) is 20.0 Å². The van der Waals surface area contributed by atoms with E-state index in [2.05, 4.69) is 97.1 Å². The molecule has 0 unspecified atom stereocenters. The fraction of sp³-hybridized carbons (Fsp3) is 0.136. The maximum absolute atomic E-state index is 4.89. The second-order valence-electron chi connectivity index (χ2n) is 12.6. The number of benzene rings is 4. The van der Waals surface area contributed by atoms with E-state index in [-0.39, 0.29) is 0 Å². The van der Waals surface area contributed by atoms with Crippen molar-refractivity contribution in [3.63, 3.8) is 0 Å².